The van der Waals surface area contributed by atoms with Gasteiger partial charge in [-0.2, -0.15) is 13.2 Å². The average Bonchev–Trinajstić information content (AvgIpc) is 2.75. The lowest BCUT2D eigenvalue weighted by atomic mass is 9.88. The van der Waals surface area contributed by atoms with Crippen LogP contribution in [-0.4, -0.2) is 21.8 Å². The van der Waals surface area contributed by atoms with Gasteiger partial charge in [0.15, 0.2) is 0 Å². The number of carbonyl (C=O) groups is 2. The van der Waals surface area contributed by atoms with Gasteiger partial charge in [-0.3, -0.25) is 14.6 Å². The molecule has 1 aliphatic carbocycles. The number of rotatable bonds is 10. The molecule has 33 heavy (non-hydrogen) atoms. The van der Waals surface area contributed by atoms with E-state index in [-0.39, 0.29) is 24.2 Å². The number of aryl methyl sites for hydroxylation is 3. The quantitative estimate of drug-likeness (QED) is 0.343. The first-order valence-electron chi connectivity index (χ1n) is 11.2. The number of aromatic nitrogens is 1. The molecular weight excluding hydrogens is 438 g/mol. The van der Waals surface area contributed by atoms with E-state index >= 15 is 0 Å². The van der Waals surface area contributed by atoms with E-state index in [0.717, 1.165) is 49.6 Å². The summed E-state index contributed by atoms with van der Waals surface area (Å²) in [7, 11) is 0. The zero-order valence-electron chi connectivity index (χ0n) is 18.3. The second-order valence-corrected chi connectivity index (χ2v) is 8.60. The number of carboxylic acid groups (broad SMARTS) is 1. The highest BCUT2D eigenvalue weighted by Gasteiger charge is 2.35. The molecule has 8 heteroatoms. The Labute approximate surface area is 190 Å². The normalized spacial score (nSPS) is 14.5. The van der Waals surface area contributed by atoms with Crippen LogP contribution in [0, 0.1) is 5.82 Å². The Balaban J connectivity index is 1.56. The fourth-order valence-electron chi connectivity index (χ4n) is 4.30. The minimum atomic E-state index is -4.90. The molecule has 0 bridgehead atoms. The minimum Gasteiger partial charge on any atom is -0.481 e. The number of hydrogen-bond acceptors (Lipinski definition) is 3. The van der Waals surface area contributed by atoms with Crippen molar-refractivity contribution in [1.29, 1.82) is 0 Å². The predicted octanol–water partition coefficient (Wildman–Crippen LogP) is 6.05. The predicted molar refractivity (Wildman–Crippen MR) is 114 cm³/mol. The van der Waals surface area contributed by atoms with E-state index in [4.69, 9.17) is 10.1 Å². The molecule has 3 rings (SSSR count). The molecule has 1 atom stereocenters. The molecule has 2 aromatic rings. The molecule has 178 valence electrons. The summed E-state index contributed by atoms with van der Waals surface area (Å²) in [5.74, 6) is -3.83. The summed E-state index contributed by atoms with van der Waals surface area (Å²) in [6, 6.07) is 6.53. The second-order valence-electron chi connectivity index (χ2n) is 8.60. The van der Waals surface area contributed by atoms with E-state index < -0.39 is 35.9 Å². The summed E-state index contributed by atoms with van der Waals surface area (Å²) in [4.78, 5) is 28.4. The zero-order valence-corrected chi connectivity index (χ0v) is 18.3. The fraction of sp³-hybridized carbons (Fsp3) is 0.480. The van der Waals surface area contributed by atoms with Crippen LogP contribution in [0.5, 0.6) is 0 Å². The third-order valence-electron chi connectivity index (χ3n) is 6.04. The van der Waals surface area contributed by atoms with Gasteiger partial charge in [0.2, 0.25) is 0 Å². The van der Waals surface area contributed by atoms with Gasteiger partial charge in [0, 0.05) is 30.1 Å². The molecule has 1 N–H and O–H groups in total. The second kappa shape index (κ2) is 10.9. The molecule has 1 heterocycles. The van der Waals surface area contributed by atoms with Crippen LogP contribution in [0.15, 0.2) is 30.3 Å². The number of nitrogens with zero attached hydrogens (tertiary/aromatic N) is 1. The number of benzene rings is 1. The molecular formula is C25H27F4NO3. The van der Waals surface area contributed by atoms with Crippen molar-refractivity contribution in [1.82, 2.24) is 4.98 Å². The number of unbranched alkanes of at least 4 members (excludes halogenated alkanes) is 1. The number of ketones is 1. The molecule has 1 unspecified atom stereocenters. The maximum absolute atomic E-state index is 13.6. The van der Waals surface area contributed by atoms with Crippen molar-refractivity contribution >= 4 is 11.8 Å². The molecule has 0 saturated carbocycles. The Hall–Kier alpha value is -2.77. The van der Waals surface area contributed by atoms with Crippen LogP contribution in [0.3, 0.4) is 0 Å². The molecule has 1 aromatic carbocycles. The highest BCUT2D eigenvalue weighted by molar-refractivity contribution is 5.80. The third-order valence-corrected chi connectivity index (χ3v) is 6.04. The maximum Gasteiger partial charge on any atom is 0.419 e. The molecule has 0 amide bonds. The summed E-state index contributed by atoms with van der Waals surface area (Å²) in [6.07, 6.45) is 1.02. The van der Waals surface area contributed by atoms with Crippen molar-refractivity contribution in [2.45, 2.75) is 76.3 Å². The van der Waals surface area contributed by atoms with E-state index in [9.17, 15) is 27.2 Å². The monoisotopic (exact) mass is 465 g/mol. The Morgan fingerprint density at radius 1 is 1.03 bits per heavy atom. The summed E-state index contributed by atoms with van der Waals surface area (Å²) < 4.78 is 52.7. The first kappa shape index (κ1) is 24.9. The van der Waals surface area contributed by atoms with Crippen molar-refractivity contribution in [3.05, 3.63) is 64.2 Å². The van der Waals surface area contributed by atoms with E-state index in [1.807, 2.05) is 6.07 Å². The number of carboxylic acids is 1. The standard InChI is InChI=1S/C25H27F4NO3/c26-22-12-10-17(14-21(22)25(27,28)29)18(15-24(32)33)13-20(31)7-3-2-6-19-11-9-16-5-1-4-8-23(16)30-19/h9-12,14,18H,1-8,13,15H2,(H,32,33). The number of carbonyl (C=O) groups excluding carboxylic acids is 1. The van der Waals surface area contributed by atoms with Crippen LogP contribution < -0.4 is 0 Å². The number of halogens is 4. The lowest BCUT2D eigenvalue weighted by Crippen LogP contribution is -2.14. The minimum absolute atomic E-state index is 0.00210. The number of hydrogen-bond donors (Lipinski definition) is 1. The highest BCUT2D eigenvalue weighted by Crippen LogP contribution is 2.35. The van der Waals surface area contributed by atoms with Crippen molar-refractivity contribution in [2.75, 3.05) is 0 Å². The Morgan fingerprint density at radius 2 is 1.79 bits per heavy atom. The van der Waals surface area contributed by atoms with E-state index in [1.54, 1.807) is 0 Å². The van der Waals surface area contributed by atoms with Crippen molar-refractivity contribution in [3.8, 4) is 0 Å². The molecule has 1 aliphatic rings. The van der Waals surface area contributed by atoms with Crippen LogP contribution in [0.25, 0.3) is 0 Å². The molecule has 0 saturated heterocycles. The summed E-state index contributed by atoms with van der Waals surface area (Å²) in [5, 5.41) is 9.15. The Kier molecular flexibility index (Phi) is 8.21. The average molecular weight is 465 g/mol. The molecule has 0 radical (unpaired) electrons. The number of aliphatic carboxylic acids is 1. The van der Waals surface area contributed by atoms with E-state index in [0.29, 0.717) is 18.6 Å². The number of pyridine rings is 1. The van der Waals surface area contributed by atoms with Gasteiger partial charge in [0.25, 0.3) is 0 Å². The van der Waals surface area contributed by atoms with Crippen LogP contribution in [-0.2, 0) is 35.0 Å². The van der Waals surface area contributed by atoms with Gasteiger partial charge >= 0.3 is 12.1 Å². The Bertz CT molecular complexity index is 1000. The number of fused-ring (bicyclic) bond motifs is 1. The third kappa shape index (κ3) is 7.11. The Morgan fingerprint density at radius 3 is 2.52 bits per heavy atom. The van der Waals surface area contributed by atoms with Crippen LogP contribution in [0.4, 0.5) is 17.6 Å². The first-order valence-corrected chi connectivity index (χ1v) is 11.2. The smallest absolute Gasteiger partial charge is 0.419 e. The highest BCUT2D eigenvalue weighted by atomic mass is 19.4. The van der Waals surface area contributed by atoms with E-state index in [2.05, 4.69) is 6.07 Å². The molecule has 0 aliphatic heterocycles. The number of alkyl halides is 3. The van der Waals surface area contributed by atoms with Crippen LogP contribution >= 0.6 is 0 Å². The fourth-order valence-corrected chi connectivity index (χ4v) is 4.30. The number of Topliss-reactive ketones (excluding diaryl/α,β-unsaturated/α-hetero) is 1. The SMILES string of the molecule is O=C(O)CC(CC(=O)CCCCc1ccc2c(n1)CCCC2)c1ccc(F)c(C(F)(F)F)c1. The summed E-state index contributed by atoms with van der Waals surface area (Å²) in [5.41, 5.74) is 1.99. The van der Waals surface area contributed by atoms with Gasteiger partial charge in [-0.15, -0.1) is 0 Å². The molecule has 0 spiro atoms. The van der Waals surface area contributed by atoms with Gasteiger partial charge < -0.3 is 5.11 Å². The largest absolute Gasteiger partial charge is 0.481 e. The van der Waals surface area contributed by atoms with Crippen molar-refractivity contribution in [3.63, 3.8) is 0 Å². The van der Waals surface area contributed by atoms with Crippen LogP contribution in [0.1, 0.15) is 78.9 Å². The van der Waals surface area contributed by atoms with Gasteiger partial charge in [-0.1, -0.05) is 12.1 Å². The summed E-state index contributed by atoms with van der Waals surface area (Å²) in [6.45, 7) is 0. The maximum atomic E-state index is 13.6. The van der Waals surface area contributed by atoms with Crippen molar-refractivity contribution in [2.24, 2.45) is 0 Å². The molecule has 1 aromatic heterocycles. The van der Waals surface area contributed by atoms with Gasteiger partial charge in [-0.05, 0) is 74.3 Å². The first-order chi connectivity index (χ1) is 15.6. The van der Waals surface area contributed by atoms with Crippen LogP contribution in [0.2, 0.25) is 0 Å². The van der Waals surface area contributed by atoms with Gasteiger partial charge in [-0.25, -0.2) is 4.39 Å². The van der Waals surface area contributed by atoms with E-state index in [1.165, 1.54) is 12.0 Å². The lowest BCUT2D eigenvalue weighted by Gasteiger charge is -2.17. The van der Waals surface area contributed by atoms with Crippen molar-refractivity contribution < 1.29 is 32.3 Å². The molecule has 4 nitrogen and oxygen atoms in total. The van der Waals surface area contributed by atoms with Gasteiger partial charge in [0.1, 0.15) is 11.6 Å². The lowest BCUT2D eigenvalue weighted by molar-refractivity contribution is -0.140. The van der Waals surface area contributed by atoms with Gasteiger partial charge in [0.05, 0.1) is 12.0 Å². The zero-order chi connectivity index (χ0) is 24.0. The summed E-state index contributed by atoms with van der Waals surface area (Å²) >= 11 is 0. The molecule has 0 fully saturated rings. The topological polar surface area (TPSA) is 67.3 Å².